The minimum Gasteiger partial charge on any atom is -0.339 e. The number of hydrogen-bond donors (Lipinski definition) is 0. The Morgan fingerprint density at radius 1 is 1.16 bits per heavy atom. The molecule has 1 aliphatic heterocycles. The van der Waals surface area contributed by atoms with Gasteiger partial charge in [-0.1, -0.05) is 41.9 Å². The fraction of sp³-hybridized carbons (Fsp3) is 0.316. The molecule has 1 heterocycles. The normalized spacial score (nSPS) is 15.2. The Hall–Kier alpha value is -2.40. The van der Waals surface area contributed by atoms with Crippen molar-refractivity contribution in [3.63, 3.8) is 0 Å². The van der Waals surface area contributed by atoms with Crippen molar-refractivity contribution in [2.45, 2.75) is 19.3 Å². The monoisotopic (exact) mass is 358 g/mol. The lowest BCUT2D eigenvalue weighted by atomic mass is 9.90. The van der Waals surface area contributed by atoms with Gasteiger partial charge in [0.05, 0.1) is 15.5 Å². The highest BCUT2D eigenvalue weighted by Crippen LogP contribution is 2.27. The Kier molecular flexibility index (Phi) is 5.34. The molecule has 0 aliphatic carbocycles. The van der Waals surface area contributed by atoms with E-state index in [9.17, 15) is 14.9 Å². The molecule has 0 unspecified atom stereocenters. The highest BCUT2D eigenvalue weighted by molar-refractivity contribution is 6.33. The van der Waals surface area contributed by atoms with Crippen LogP contribution in [0.2, 0.25) is 5.02 Å². The summed E-state index contributed by atoms with van der Waals surface area (Å²) in [5, 5.41) is 11.2. The van der Waals surface area contributed by atoms with Crippen LogP contribution in [0.4, 0.5) is 5.69 Å². The number of benzene rings is 2. The van der Waals surface area contributed by atoms with Crippen LogP contribution >= 0.6 is 11.6 Å². The third-order valence-electron chi connectivity index (χ3n) is 4.66. The molecule has 2 aromatic rings. The third kappa shape index (κ3) is 4.17. The summed E-state index contributed by atoms with van der Waals surface area (Å²) in [6.07, 6.45) is 2.86. The van der Waals surface area contributed by atoms with Crippen LogP contribution in [0.1, 0.15) is 28.8 Å². The molecule has 25 heavy (non-hydrogen) atoms. The smallest absolute Gasteiger partial charge is 0.270 e. The number of piperidine rings is 1. The maximum Gasteiger partial charge on any atom is 0.270 e. The predicted molar refractivity (Wildman–Crippen MR) is 96.9 cm³/mol. The van der Waals surface area contributed by atoms with Gasteiger partial charge in [0, 0.05) is 25.2 Å². The second kappa shape index (κ2) is 7.66. The number of nitro groups is 1. The molecule has 2 aromatic carbocycles. The van der Waals surface area contributed by atoms with E-state index in [4.69, 9.17) is 11.6 Å². The number of carbonyl (C=O) groups excluding carboxylic acids is 1. The molecular formula is C19H19ClN2O3. The van der Waals surface area contributed by atoms with Gasteiger partial charge in [-0.25, -0.2) is 0 Å². The Morgan fingerprint density at radius 3 is 2.48 bits per heavy atom. The number of nitro benzene ring substituents is 1. The van der Waals surface area contributed by atoms with Gasteiger partial charge in [0.15, 0.2) is 0 Å². The molecule has 3 rings (SSSR count). The van der Waals surface area contributed by atoms with Crippen LogP contribution in [0, 0.1) is 16.0 Å². The first-order valence-electron chi connectivity index (χ1n) is 8.31. The summed E-state index contributed by atoms with van der Waals surface area (Å²) >= 11 is 6.08. The molecule has 0 atom stereocenters. The van der Waals surface area contributed by atoms with Gasteiger partial charge in [-0.3, -0.25) is 14.9 Å². The number of nitrogens with zero attached hydrogens (tertiary/aromatic N) is 2. The lowest BCUT2D eigenvalue weighted by Crippen LogP contribution is -2.39. The van der Waals surface area contributed by atoms with Gasteiger partial charge in [0.2, 0.25) is 0 Å². The summed E-state index contributed by atoms with van der Waals surface area (Å²) in [5.74, 6) is 0.318. The van der Waals surface area contributed by atoms with Crippen LogP contribution in [-0.4, -0.2) is 28.8 Å². The fourth-order valence-electron chi connectivity index (χ4n) is 3.25. The molecule has 0 aromatic heterocycles. The second-order valence-electron chi connectivity index (χ2n) is 6.35. The van der Waals surface area contributed by atoms with Crippen molar-refractivity contribution in [2.75, 3.05) is 13.1 Å². The van der Waals surface area contributed by atoms with E-state index in [-0.39, 0.29) is 22.2 Å². The van der Waals surface area contributed by atoms with E-state index >= 15 is 0 Å². The van der Waals surface area contributed by atoms with E-state index in [1.165, 1.54) is 23.8 Å². The molecule has 6 heteroatoms. The summed E-state index contributed by atoms with van der Waals surface area (Å²) in [7, 11) is 0. The molecule has 0 radical (unpaired) electrons. The van der Waals surface area contributed by atoms with Gasteiger partial charge in [0.25, 0.3) is 11.6 Å². The lowest BCUT2D eigenvalue weighted by molar-refractivity contribution is -0.384. The number of halogens is 1. The highest BCUT2D eigenvalue weighted by Gasteiger charge is 2.26. The fourth-order valence-corrected chi connectivity index (χ4v) is 3.45. The standard InChI is InChI=1S/C19H19ClN2O3/c20-18-7-6-16(22(24)25)13-17(18)19(23)21-10-8-15(9-11-21)12-14-4-2-1-3-5-14/h1-7,13,15H,8-12H2. The van der Waals surface area contributed by atoms with Gasteiger partial charge in [-0.15, -0.1) is 0 Å². The molecule has 0 saturated carbocycles. The number of rotatable bonds is 4. The SMILES string of the molecule is O=C(c1cc([N+](=O)[O-])ccc1Cl)N1CCC(Cc2ccccc2)CC1. The van der Waals surface area contributed by atoms with Crippen LogP contribution in [-0.2, 0) is 6.42 Å². The lowest BCUT2D eigenvalue weighted by Gasteiger charge is -2.32. The first kappa shape index (κ1) is 17.4. The van der Waals surface area contributed by atoms with Crippen LogP contribution in [0.15, 0.2) is 48.5 Å². The average molecular weight is 359 g/mol. The molecule has 1 fully saturated rings. The van der Waals surface area contributed by atoms with Crippen molar-refractivity contribution in [2.24, 2.45) is 5.92 Å². The molecule has 1 aliphatic rings. The van der Waals surface area contributed by atoms with Crippen molar-refractivity contribution < 1.29 is 9.72 Å². The Labute approximate surface area is 151 Å². The number of amides is 1. The van der Waals surface area contributed by atoms with Crippen LogP contribution < -0.4 is 0 Å². The zero-order valence-corrected chi connectivity index (χ0v) is 14.5. The van der Waals surface area contributed by atoms with Crippen molar-refractivity contribution >= 4 is 23.2 Å². The van der Waals surface area contributed by atoms with Crippen LogP contribution in [0.3, 0.4) is 0 Å². The largest absolute Gasteiger partial charge is 0.339 e. The number of carbonyl (C=O) groups is 1. The number of non-ortho nitro benzene ring substituents is 1. The highest BCUT2D eigenvalue weighted by atomic mass is 35.5. The summed E-state index contributed by atoms with van der Waals surface area (Å²) in [6, 6.07) is 14.3. The van der Waals surface area contributed by atoms with Crippen molar-refractivity contribution in [1.82, 2.24) is 4.90 Å². The summed E-state index contributed by atoms with van der Waals surface area (Å²) in [6.45, 7) is 1.30. The van der Waals surface area contributed by atoms with Crippen molar-refractivity contribution in [3.05, 3.63) is 74.8 Å². The maximum absolute atomic E-state index is 12.7. The van der Waals surface area contributed by atoms with E-state index in [1.54, 1.807) is 4.90 Å². The molecular weight excluding hydrogens is 340 g/mol. The van der Waals surface area contributed by atoms with E-state index in [0.29, 0.717) is 19.0 Å². The molecule has 5 nitrogen and oxygen atoms in total. The summed E-state index contributed by atoms with van der Waals surface area (Å²) in [4.78, 5) is 24.8. The minimum atomic E-state index is -0.515. The summed E-state index contributed by atoms with van der Waals surface area (Å²) < 4.78 is 0. The van der Waals surface area contributed by atoms with Gasteiger partial charge in [-0.05, 0) is 36.8 Å². The minimum absolute atomic E-state index is 0.119. The van der Waals surface area contributed by atoms with E-state index in [1.807, 2.05) is 18.2 Å². The van der Waals surface area contributed by atoms with Crippen LogP contribution in [0.25, 0.3) is 0 Å². The van der Waals surface area contributed by atoms with E-state index in [2.05, 4.69) is 12.1 Å². The predicted octanol–water partition coefficient (Wildman–Crippen LogP) is 4.34. The Bertz CT molecular complexity index is 771. The number of likely N-dealkylation sites (tertiary alicyclic amines) is 1. The maximum atomic E-state index is 12.7. The zero-order valence-electron chi connectivity index (χ0n) is 13.7. The molecule has 130 valence electrons. The molecule has 0 N–H and O–H groups in total. The van der Waals surface area contributed by atoms with Gasteiger partial charge in [-0.2, -0.15) is 0 Å². The first-order chi connectivity index (χ1) is 12.0. The third-order valence-corrected chi connectivity index (χ3v) is 4.99. The van der Waals surface area contributed by atoms with Gasteiger partial charge >= 0.3 is 0 Å². The molecule has 0 bridgehead atoms. The van der Waals surface area contributed by atoms with Gasteiger partial charge < -0.3 is 4.90 Å². The average Bonchev–Trinajstić information content (AvgIpc) is 2.63. The number of hydrogen-bond acceptors (Lipinski definition) is 3. The first-order valence-corrected chi connectivity index (χ1v) is 8.69. The molecule has 1 saturated heterocycles. The zero-order chi connectivity index (χ0) is 17.8. The Morgan fingerprint density at radius 2 is 1.84 bits per heavy atom. The second-order valence-corrected chi connectivity index (χ2v) is 6.75. The van der Waals surface area contributed by atoms with E-state index in [0.717, 1.165) is 19.3 Å². The molecule has 1 amide bonds. The topological polar surface area (TPSA) is 63.4 Å². The quantitative estimate of drug-likeness (QED) is 0.603. The van der Waals surface area contributed by atoms with Crippen LogP contribution in [0.5, 0.6) is 0 Å². The summed E-state index contributed by atoms with van der Waals surface area (Å²) in [5.41, 5.74) is 1.40. The Balaban J connectivity index is 1.64. The van der Waals surface area contributed by atoms with Crippen molar-refractivity contribution in [3.8, 4) is 0 Å². The van der Waals surface area contributed by atoms with Crippen molar-refractivity contribution in [1.29, 1.82) is 0 Å². The van der Waals surface area contributed by atoms with E-state index < -0.39 is 4.92 Å². The van der Waals surface area contributed by atoms with Gasteiger partial charge in [0.1, 0.15) is 0 Å². The molecule has 0 spiro atoms.